The van der Waals surface area contributed by atoms with Crippen molar-refractivity contribution in [1.29, 1.82) is 0 Å². The minimum atomic E-state index is -1.98. The summed E-state index contributed by atoms with van der Waals surface area (Å²) < 4.78 is 0. The molecule has 0 aromatic heterocycles. The Morgan fingerprint density at radius 3 is 1.35 bits per heavy atom. The van der Waals surface area contributed by atoms with E-state index in [0.29, 0.717) is 22.5 Å². The van der Waals surface area contributed by atoms with Crippen molar-refractivity contribution in [3.05, 3.63) is 95.1 Å². The molecule has 8 nitrogen and oxygen atoms in total. The van der Waals surface area contributed by atoms with Crippen LogP contribution >= 0.6 is 0 Å². The van der Waals surface area contributed by atoms with Crippen molar-refractivity contribution in [3.8, 4) is 0 Å². The van der Waals surface area contributed by atoms with E-state index in [0.717, 1.165) is 0 Å². The molecule has 4 N–H and O–H groups in total. The highest BCUT2D eigenvalue weighted by atomic mass is 16.3. The number of benzene rings is 3. The lowest BCUT2D eigenvalue weighted by Gasteiger charge is -2.20. The summed E-state index contributed by atoms with van der Waals surface area (Å²) in [5.74, 6) is -2.29. The predicted molar refractivity (Wildman–Crippen MR) is 122 cm³/mol. The zero-order chi connectivity index (χ0) is 24.1. The van der Waals surface area contributed by atoms with E-state index >= 15 is 0 Å². The van der Waals surface area contributed by atoms with Crippen LogP contribution in [-0.2, 0) is 20.8 Å². The number of nitrogens with one attached hydrogen (secondary N) is 2. The van der Waals surface area contributed by atoms with Crippen LogP contribution in [0.4, 0.5) is 11.4 Å². The van der Waals surface area contributed by atoms with Gasteiger partial charge in [0, 0.05) is 33.6 Å². The van der Waals surface area contributed by atoms with E-state index in [1.807, 2.05) is 0 Å². The number of fused-ring (bicyclic) bond motifs is 2. The molecule has 0 unspecified atom stereocenters. The van der Waals surface area contributed by atoms with E-state index in [1.54, 1.807) is 48.5 Å². The van der Waals surface area contributed by atoms with E-state index in [2.05, 4.69) is 10.6 Å². The average Bonchev–Trinajstić information content (AvgIpc) is 3.23. The molecular formula is C26H20N2O6. The van der Waals surface area contributed by atoms with Crippen molar-refractivity contribution in [2.75, 3.05) is 10.6 Å². The highest BCUT2D eigenvalue weighted by Gasteiger charge is 2.47. The maximum atomic E-state index is 12.8. The molecule has 0 bridgehead atoms. The fraction of sp³-hybridized carbons (Fsp3) is 0.154. The molecular weight excluding hydrogens is 436 g/mol. The molecule has 5 rings (SSSR count). The van der Waals surface area contributed by atoms with Gasteiger partial charge in [-0.1, -0.05) is 60.7 Å². The van der Waals surface area contributed by atoms with Gasteiger partial charge in [-0.2, -0.15) is 0 Å². The van der Waals surface area contributed by atoms with E-state index in [-0.39, 0.29) is 11.1 Å². The molecule has 34 heavy (non-hydrogen) atoms. The first-order valence-corrected chi connectivity index (χ1v) is 10.7. The third-order valence-electron chi connectivity index (χ3n) is 6.35. The van der Waals surface area contributed by atoms with Gasteiger partial charge in [-0.05, 0) is 12.1 Å². The van der Waals surface area contributed by atoms with Crippen molar-refractivity contribution in [2.45, 2.75) is 24.0 Å². The number of anilines is 2. The first-order valence-electron chi connectivity index (χ1n) is 10.7. The van der Waals surface area contributed by atoms with Gasteiger partial charge in [0.1, 0.15) is 0 Å². The summed E-state index contributed by atoms with van der Waals surface area (Å²) in [5.41, 5.74) is -1.94. The molecule has 3 aromatic carbocycles. The molecule has 0 saturated heterocycles. The van der Waals surface area contributed by atoms with E-state index < -0.39 is 47.4 Å². The van der Waals surface area contributed by atoms with Crippen molar-refractivity contribution in [1.82, 2.24) is 0 Å². The number of ketones is 2. The summed E-state index contributed by atoms with van der Waals surface area (Å²) in [6, 6.07) is 18.9. The average molecular weight is 456 g/mol. The van der Waals surface area contributed by atoms with Gasteiger partial charge < -0.3 is 20.8 Å². The van der Waals surface area contributed by atoms with Crippen molar-refractivity contribution >= 4 is 34.8 Å². The molecule has 170 valence electrons. The molecule has 8 heteroatoms. The molecule has 3 aromatic rings. The monoisotopic (exact) mass is 456 g/mol. The van der Waals surface area contributed by atoms with Gasteiger partial charge in [-0.3, -0.25) is 19.2 Å². The van der Waals surface area contributed by atoms with Crippen LogP contribution in [0, 0.1) is 0 Å². The van der Waals surface area contributed by atoms with Gasteiger partial charge in [0.25, 0.3) is 11.8 Å². The minimum absolute atomic E-state index is 0.213. The van der Waals surface area contributed by atoms with E-state index in [1.165, 1.54) is 24.3 Å². The van der Waals surface area contributed by atoms with Crippen LogP contribution in [0.3, 0.4) is 0 Å². The third-order valence-corrected chi connectivity index (χ3v) is 6.35. The normalized spacial score (nSPS) is 22.5. The molecule has 0 saturated carbocycles. The highest BCUT2D eigenvalue weighted by molar-refractivity contribution is 6.11. The van der Waals surface area contributed by atoms with Crippen LogP contribution in [0.5, 0.6) is 0 Å². The van der Waals surface area contributed by atoms with Gasteiger partial charge in [0.2, 0.25) is 0 Å². The maximum absolute atomic E-state index is 12.8. The SMILES string of the molecule is O=C(C[C@]1(O)C(=O)Nc2ccccc21)c1ccc(C(=O)C[C@]2(O)C(=O)Nc3ccccc32)cc1. The fourth-order valence-electron chi connectivity index (χ4n) is 4.46. The van der Waals surface area contributed by atoms with Crippen molar-refractivity contribution in [3.63, 3.8) is 0 Å². The summed E-state index contributed by atoms with van der Waals surface area (Å²) in [6.45, 7) is 0. The zero-order valence-electron chi connectivity index (χ0n) is 17.9. The Morgan fingerprint density at radius 2 is 0.971 bits per heavy atom. The van der Waals surface area contributed by atoms with E-state index in [9.17, 15) is 29.4 Å². The molecule has 0 spiro atoms. The van der Waals surface area contributed by atoms with Gasteiger partial charge in [-0.15, -0.1) is 0 Å². The second-order valence-corrected chi connectivity index (χ2v) is 8.50. The van der Waals surface area contributed by atoms with Crippen molar-refractivity contribution < 1.29 is 29.4 Å². The summed E-state index contributed by atoms with van der Waals surface area (Å²) in [4.78, 5) is 50.4. The van der Waals surface area contributed by atoms with Crippen LogP contribution in [-0.4, -0.2) is 33.6 Å². The second-order valence-electron chi connectivity index (χ2n) is 8.50. The summed E-state index contributed by atoms with van der Waals surface area (Å²) in [7, 11) is 0. The quantitative estimate of drug-likeness (QED) is 0.422. The molecule has 2 atom stereocenters. The first-order chi connectivity index (χ1) is 16.2. The number of aliphatic hydroxyl groups is 2. The summed E-state index contributed by atoms with van der Waals surface area (Å²) in [5, 5.41) is 27.0. The van der Waals surface area contributed by atoms with Crippen LogP contribution in [0.2, 0.25) is 0 Å². The molecule has 2 amide bonds. The molecule has 0 fully saturated rings. The largest absolute Gasteiger partial charge is 0.375 e. The Labute approximate surface area is 194 Å². The Bertz CT molecular complexity index is 1260. The molecule has 2 aliphatic heterocycles. The van der Waals surface area contributed by atoms with Gasteiger partial charge in [0.05, 0.1) is 12.8 Å². The first kappa shape index (κ1) is 21.7. The Kier molecular flexibility index (Phi) is 4.93. The number of carbonyl (C=O) groups is 4. The van der Waals surface area contributed by atoms with Crippen LogP contribution in [0.25, 0.3) is 0 Å². The zero-order valence-corrected chi connectivity index (χ0v) is 17.9. The fourth-order valence-corrected chi connectivity index (χ4v) is 4.46. The van der Waals surface area contributed by atoms with Gasteiger partial charge in [-0.25, -0.2) is 0 Å². The number of carbonyl (C=O) groups excluding carboxylic acids is 4. The lowest BCUT2D eigenvalue weighted by atomic mass is 9.86. The smallest absolute Gasteiger partial charge is 0.261 e. The lowest BCUT2D eigenvalue weighted by Crippen LogP contribution is -2.36. The molecule has 2 heterocycles. The van der Waals surface area contributed by atoms with Crippen LogP contribution in [0.15, 0.2) is 72.8 Å². The van der Waals surface area contributed by atoms with Crippen LogP contribution < -0.4 is 10.6 Å². The Morgan fingerprint density at radius 1 is 0.618 bits per heavy atom. The number of para-hydroxylation sites is 2. The van der Waals surface area contributed by atoms with Crippen molar-refractivity contribution in [2.24, 2.45) is 0 Å². The molecule has 2 aliphatic rings. The third kappa shape index (κ3) is 3.32. The van der Waals surface area contributed by atoms with Crippen LogP contribution in [0.1, 0.15) is 44.7 Å². The number of hydrogen-bond donors (Lipinski definition) is 4. The van der Waals surface area contributed by atoms with Gasteiger partial charge in [0.15, 0.2) is 22.8 Å². The van der Waals surface area contributed by atoms with Gasteiger partial charge >= 0.3 is 0 Å². The topological polar surface area (TPSA) is 133 Å². The molecule has 0 radical (unpaired) electrons. The Hall–Kier alpha value is -4.14. The standard InChI is InChI=1S/C26H20N2O6/c29-21(13-25(33)17-5-1-3-7-19(17)27-23(25)31)15-9-11-16(12-10-15)22(30)14-26(34)18-6-2-4-8-20(18)28-24(26)32/h1-12,33-34H,13-14H2,(H,27,31)(H,28,32)/t25-,26-/m1/s1. The summed E-state index contributed by atoms with van der Waals surface area (Å²) >= 11 is 0. The molecule has 0 aliphatic carbocycles. The maximum Gasteiger partial charge on any atom is 0.261 e. The number of hydrogen-bond acceptors (Lipinski definition) is 6. The predicted octanol–water partition coefficient (Wildman–Crippen LogP) is 2.51. The minimum Gasteiger partial charge on any atom is -0.375 e. The number of Topliss-reactive ketones (excluding diaryl/α,β-unsaturated/α-hetero) is 2. The number of amides is 2. The summed E-state index contributed by atoms with van der Waals surface area (Å²) in [6.07, 6.45) is -0.917. The Balaban J connectivity index is 1.32. The highest BCUT2D eigenvalue weighted by Crippen LogP contribution is 2.40. The lowest BCUT2D eigenvalue weighted by molar-refractivity contribution is -0.133. The van der Waals surface area contributed by atoms with E-state index in [4.69, 9.17) is 0 Å². The number of rotatable bonds is 6. The second kappa shape index (κ2) is 7.72.